The number of rotatable bonds is 7. The monoisotopic (exact) mass is 434 g/mol. The van der Waals surface area contributed by atoms with Gasteiger partial charge < -0.3 is 14.0 Å². The molecule has 3 aromatic carbocycles. The molecule has 1 aromatic heterocycles. The number of esters is 1. The van der Waals surface area contributed by atoms with E-state index in [1.807, 2.05) is 66.7 Å². The van der Waals surface area contributed by atoms with Crippen LogP contribution in [-0.4, -0.2) is 23.2 Å². The fourth-order valence-corrected chi connectivity index (χ4v) is 3.27. The summed E-state index contributed by atoms with van der Waals surface area (Å²) >= 11 is 6.41. The Balaban J connectivity index is 1.47. The van der Waals surface area contributed by atoms with Crippen LogP contribution >= 0.6 is 11.6 Å². The van der Waals surface area contributed by atoms with Gasteiger partial charge in [-0.3, -0.25) is 4.79 Å². The van der Waals surface area contributed by atoms with E-state index in [1.165, 1.54) is 7.11 Å². The first kappa shape index (κ1) is 20.6. The Morgan fingerprint density at radius 3 is 2.45 bits per heavy atom. The van der Waals surface area contributed by atoms with E-state index in [2.05, 4.69) is 14.9 Å². The molecule has 0 radical (unpaired) electrons. The zero-order valence-corrected chi connectivity index (χ0v) is 17.5. The summed E-state index contributed by atoms with van der Waals surface area (Å²) in [5.74, 6) is 1.99. The molecule has 7 heteroatoms. The van der Waals surface area contributed by atoms with Crippen LogP contribution in [0.1, 0.15) is 12.0 Å². The highest BCUT2D eigenvalue weighted by atomic mass is 35.5. The molecule has 0 atom stereocenters. The standard InChI is InChI=1S/C24H19ClN2O4/c1-29-22(28)14-8-16-7-13-20(21(25)15-16)23-26-24(31-27-23)17-9-11-19(12-10-17)30-18-5-3-2-4-6-18/h2-7,9-13,15H,8,14H2,1H3. The van der Waals surface area contributed by atoms with Crippen LogP contribution in [0.25, 0.3) is 22.8 Å². The summed E-state index contributed by atoms with van der Waals surface area (Å²) in [5.41, 5.74) is 2.35. The van der Waals surface area contributed by atoms with Crippen molar-refractivity contribution in [2.45, 2.75) is 12.8 Å². The van der Waals surface area contributed by atoms with Crippen LogP contribution in [0, 0.1) is 0 Å². The lowest BCUT2D eigenvalue weighted by Gasteiger charge is -2.05. The quantitative estimate of drug-likeness (QED) is 0.334. The van der Waals surface area contributed by atoms with E-state index >= 15 is 0 Å². The summed E-state index contributed by atoms with van der Waals surface area (Å²) in [6.07, 6.45) is 0.837. The lowest BCUT2D eigenvalue weighted by atomic mass is 10.1. The van der Waals surface area contributed by atoms with Gasteiger partial charge in [0.15, 0.2) is 0 Å². The first-order valence-corrected chi connectivity index (χ1v) is 10.0. The van der Waals surface area contributed by atoms with Gasteiger partial charge in [-0.15, -0.1) is 0 Å². The van der Waals surface area contributed by atoms with E-state index in [1.54, 1.807) is 6.07 Å². The number of aromatic nitrogens is 2. The molecule has 0 amide bonds. The number of nitrogens with zero attached hydrogens (tertiary/aromatic N) is 2. The van der Waals surface area contributed by atoms with Gasteiger partial charge in [-0.05, 0) is 60.5 Å². The summed E-state index contributed by atoms with van der Waals surface area (Å²) in [5, 5.41) is 4.54. The number of ether oxygens (including phenoxy) is 2. The van der Waals surface area contributed by atoms with Crippen LogP contribution < -0.4 is 4.74 Å². The minimum Gasteiger partial charge on any atom is -0.469 e. The summed E-state index contributed by atoms with van der Waals surface area (Å²) in [4.78, 5) is 15.8. The van der Waals surface area contributed by atoms with Gasteiger partial charge in [0.05, 0.1) is 12.1 Å². The fraction of sp³-hybridized carbons (Fsp3) is 0.125. The minimum absolute atomic E-state index is 0.261. The molecule has 0 fully saturated rings. The van der Waals surface area contributed by atoms with Gasteiger partial charge in [0.1, 0.15) is 11.5 Å². The van der Waals surface area contributed by atoms with Gasteiger partial charge >= 0.3 is 5.97 Å². The zero-order valence-electron chi connectivity index (χ0n) is 16.7. The number of benzene rings is 3. The van der Waals surface area contributed by atoms with Crippen LogP contribution in [0.5, 0.6) is 11.5 Å². The molecule has 0 aliphatic heterocycles. The number of hydrogen-bond acceptors (Lipinski definition) is 6. The molecule has 0 bridgehead atoms. The second-order valence-corrected chi connectivity index (χ2v) is 7.16. The Labute approximate surface area is 184 Å². The van der Waals surface area contributed by atoms with Crippen LogP contribution in [0.4, 0.5) is 0 Å². The average molecular weight is 435 g/mol. The molecule has 1 heterocycles. The van der Waals surface area contributed by atoms with E-state index in [0.717, 1.165) is 16.9 Å². The molecule has 6 nitrogen and oxygen atoms in total. The molecule has 4 aromatic rings. The molecule has 0 N–H and O–H groups in total. The maximum atomic E-state index is 11.3. The minimum atomic E-state index is -0.261. The SMILES string of the molecule is COC(=O)CCc1ccc(-c2noc(-c3ccc(Oc4ccccc4)cc3)n2)c(Cl)c1. The zero-order chi connectivity index (χ0) is 21.6. The van der Waals surface area contributed by atoms with Gasteiger partial charge in [-0.25, -0.2) is 0 Å². The molecule has 0 unspecified atom stereocenters. The number of para-hydroxylation sites is 1. The predicted octanol–water partition coefficient (Wildman–Crippen LogP) is 5.95. The topological polar surface area (TPSA) is 74.5 Å². The Hall–Kier alpha value is -3.64. The van der Waals surface area contributed by atoms with Gasteiger partial charge in [0.25, 0.3) is 5.89 Å². The number of aryl methyl sites for hydroxylation is 1. The molecule has 0 aliphatic carbocycles. The third-order valence-corrected chi connectivity index (χ3v) is 4.94. The fourth-order valence-electron chi connectivity index (χ4n) is 2.98. The molecule has 156 valence electrons. The van der Waals surface area contributed by atoms with Crippen LogP contribution in [-0.2, 0) is 16.0 Å². The van der Waals surface area contributed by atoms with E-state index in [-0.39, 0.29) is 5.97 Å². The molecule has 0 aliphatic rings. The normalized spacial score (nSPS) is 10.6. The first-order valence-electron chi connectivity index (χ1n) is 9.65. The predicted molar refractivity (Wildman–Crippen MR) is 117 cm³/mol. The van der Waals surface area contributed by atoms with Crippen molar-refractivity contribution < 1.29 is 18.8 Å². The summed E-state index contributed by atoms with van der Waals surface area (Å²) < 4.78 is 15.9. The van der Waals surface area contributed by atoms with Gasteiger partial charge in [-0.2, -0.15) is 4.98 Å². The Bertz CT molecular complexity index is 1170. The summed E-state index contributed by atoms with van der Waals surface area (Å²) in [6.45, 7) is 0. The van der Waals surface area contributed by atoms with E-state index in [4.69, 9.17) is 20.9 Å². The van der Waals surface area contributed by atoms with Crippen LogP contribution in [0.3, 0.4) is 0 Å². The lowest BCUT2D eigenvalue weighted by molar-refractivity contribution is -0.140. The van der Waals surface area contributed by atoms with Crippen molar-refractivity contribution in [3.05, 3.63) is 83.4 Å². The second-order valence-electron chi connectivity index (χ2n) is 6.75. The average Bonchev–Trinajstić information content (AvgIpc) is 3.28. The molecule has 31 heavy (non-hydrogen) atoms. The summed E-state index contributed by atoms with van der Waals surface area (Å²) in [6, 6.07) is 22.4. The van der Waals surface area contributed by atoms with Crippen molar-refractivity contribution in [1.82, 2.24) is 10.1 Å². The molecular weight excluding hydrogens is 416 g/mol. The Kier molecular flexibility index (Phi) is 6.29. The smallest absolute Gasteiger partial charge is 0.305 e. The number of carbonyl (C=O) groups is 1. The van der Waals surface area contributed by atoms with Crippen LogP contribution in [0.2, 0.25) is 5.02 Å². The molecular formula is C24H19ClN2O4. The van der Waals surface area contributed by atoms with E-state index in [0.29, 0.717) is 40.9 Å². The Morgan fingerprint density at radius 2 is 1.74 bits per heavy atom. The van der Waals surface area contributed by atoms with E-state index in [9.17, 15) is 4.79 Å². The van der Waals surface area contributed by atoms with Crippen molar-refractivity contribution in [3.8, 4) is 34.3 Å². The second kappa shape index (κ2) is 9.45. The van der Waals surface area contributed by atoms with Gasteiger partial charge in [0, 0.05) is 17.5 Å². The third-order valence-electron chi connectivity index (χ3n) is 4.63. The molecule has 0 saturated carbocycles. The highest BCUT2D eigenvalue weighted by Gasteiger charge is 2.14. The number of hydrogen-bond donors (Lipinski definition) is 0. The van der Waals surface area contributed by atoms with Crippen molar-refractivity contribution in [2.24, 2.45) is 0 Å². The maximum absolute atomic E-state index is 11.3. The summed E-state index contributed by atoms with van der Waals surface area (Å²) in [7, 11) is 1.37. The lowest BCUT2D eigenvalue weighted by Crippen LogP contribution is -2.01. The number of methoxy groups -OCH3 is 1. The van der Waals surface area contributed by atoms with Crippen LogP contribution in [0.15, 0.2) is 77.3 Å². The largest absolute Gasteiger partial charge is 0.469 e. The maximum Gasteiger partial charge on any atom is 0.305 e. The van der Waals surface area contributed by atoms with Gasteiger partial charge in [0.2, 0.25) is 5.82 Å². The van der Waals surface area contributed by atoms with Crippen molar-refractivity contribution >= 4 is 17.6 Å². The Morgan fingerprint density at radius 1 is 1.00 bits per heavy atom. The number of carbonyl (C=O) groups excluding carboxylic acids is 1. The third kappa shape index (κ3) is 5.10. The van der Waals surface area contributed by atoms with E-state index < -0.39 is 0 Å². The highest BCUT2D eigenvalue weighted by Crippen LogP contribution is 2.30. The first-order chi connectivity index (χ1) is 15.1. The number of halogens is 1. The van der Waals surface area contributed by atoms with Gasteiger partial charge in [-0.1, -0.05) is 41.0 Å². The molecule has 0 saturated heterocycles. The highest BCUT2D eigenvalue weighted by molar-refractivity contribution is 6.33. The molecule has 4 rings (SSSR count). The van der Waals surface area contributed by atoms with Crippen molar-refractivity contribution in [3.63, 3.8) is 0 Å². The van der Waals surface area contributed by atoms with Crippen molar-refractivity contribution in [1.29, 1.82) is 0 Å². The molecule has 0 spiro atoms. The van der Waals surface area contributed by atoms with Crippen molar-refractivity contribution in [2.75, 3.05) is 7.11 Å².